The second-order valence-corrected chi connectivity index (χ2v) is 6.76. The Labute approximate surface area is 141 Å². The van der Waals surface area contributed by atoms with E-state index in [4.69, 9.17) is 28.9 Å². The highest BCUT2D eigenvalue weighted by Crippen LogP contribution is 2.28. The molecule has 0 amide bonds. The van der Waals surface area contributed by atoms with Crippen molar-refractivity contribution in [3.05, 3.63) is 63.1 Å². The average molecular weight is 335 g/mol. The molecule has 0 aliphatic carbocycles. The lowest BCUT2D eigenvalue weighted by molar-refractivity contribution is 0.251. The summed E-state index contributed by atoms with van der Waals surface area (Å²) in [6, 6.07) is 12.0. The van der Waals surface area contributed by atoms with E-state index in [1.165, 1.54) is 16.7 Å². The van der Waals surface area contributed by atoms with Gasteiger partial charge in [0.05, 0.1) is 0 Å². The third kappa shape index (κ3) is 3.75. The van der Waals surface area contributed by atoms with Gasteiger partial charge in [0.1, 0.15) is 0 Å². The Bertz CT molecular complexity index is 653. The minimum atomic E-state index is 0.735. The Kier molecular flexibility index (Phi) is 4.92. The van der Waals surface area contributed by atoms with Crippen molar-refractivity contribution in [3.8, 4) is 0 Å². The summed E-state index contributed by atoms with van der Waals surface area (Å²) in [5.41, 5.74) is 10.8. The zero-order chi connectivity index (χ0) is 15.5. The standard InChI is InChI=1S/C18H20Cl2N2/c19-15-5-3-13(4-6-15)2-1-8-22-9-7-17-14(12-22)10-16(20)11-18(17)21/h3-6,10-11H,1-2,7-9,12,21H2. The molecule has 0 spiro atoms. The fourth-order valence-corrected chi connectivity index (χ4v) is 3.48. The molecule has 22 heavy (non-hydrogen) atoms. The predicted molar refractivity (Wildman–Crippen MR) is 94.6 cm³/mol. The monoisotopic (exact) mass is 334 g/mol. The maximum atomic E-state index is 6.12. The SMILES string of the molecule is Nc1cc(Cl)cc2c1CCN(CCCc1ccc(Cl)cc1)C2. The fraction of sp³-hybridized carbons (Fsp3) is 0.333. The summed E-state index contributed by atoms with van der Waals surface area (Å²) < 4.78 is 0. The molecule has 2 nitrogen and oxygen atoms in total. The number of hydrogen-bond acceptors (Lipinski definition) is 2. The number of rotatable bonds is 4. The molecule has 0 aromatic heterocycles. The molecule has 0 radical (unpaired) electrons. The maximum absolute atomic E-state index is 6.12. The highest BCUT2D eigenvalue weighted by atomic mass is 35.5. The molecule has 1 heterocycles. The molecule has 2 aromatic carbocycles. The number of hydrogen-bond donors (Lipinski definition) is 1. The van der Waals surface area contributed by atoms with E-state index in [0.717, 1.165) is 54.6 Å². The van der Waals surface area contributed by atoms with E-state index in [-0.39, 0.29) is 0 Å². The van der Waals surface area contributed by atoms with Crippen LogP contribution in [0.5, 0.6) is 0 Å². The zero-order valence-electron chi connectivity index (χ0n) is 12.5. The van der Waals surface area contributed by atoms with Crippen LogP contribution in [0.1, 0.15) is 23.1 Å². The van der Waals surface area contributed by atoms with E-state index >= 15 is 0 Å². The van der Waals surface area contributed by atoms with Crippen molar-refractivity contribution >= 4 is 28.9 Å². The van der Waals surface area contributed by atoms with E-state index in [1.807, 2.05) is 18.2 Å². The Hall–Kier alpha value is -1.22. The highest BCUT2D eigenvalue weighted by Gasteiger charge is 2.18. The minimum absolute atomic E-state index is 0.735. The van der Waals surface area contributed by atoms with Crippen molar-refractivity contribution in [1.82, 2.24) is 4.90 Å². The van der Waals surface area contributed by atoms with Gasteiger partial charge in [0.25, 0.3) is 0 Å². The minimum Gasteiger partial charge on any atom is -0.398 e. The number of nitrogens with two attached hydrogens (primary N) is 1. The summed E-state index contributed by atoms with van der Waals surface area (Å²) in [5, 5.41) is 1.53. The molecule has 0 fully saturated rings. The molecule has 3 rings (SSSR count). The van der Waals surface area contributed by atoms with Gasteiger partial charge in [0.2, 0.25) is 0 Å². The molecule has 0 saturated heterocycles. The van der Waals surface area contributed by atoms with Gasteiger partial charge in [-0.15, -0.1) is 0 Å². The van der Waals surface area contributed by atoms with Gasteiger partial charge >= 0.3 is 0 Å². The van der Waals surface area contributed by atoms with Gasteiger partial charge < -0.3 is 5.73 Å². The molecule has 0 unspecified atom stereocenters. The second-order valence-electron chi connectivity index (χ2n) is 5.89. The second kappa shape index (κ2) is 6.91. The first kappa shape index (κ1) is 15.7. The summed E-state index contributed by atoms with van der Waals surface area (Å²) in [5.74, 6) is 0. The number of aryl methyl sites for hydroxylation is 1. The first-order valence-corrected chi connectivity index (χ1v) is 8.41. The van der Waals surface area contributed by atoms with Crippen molar-refractivity contribution in [2.45, 2.75) is 25.8 Å². The van der Waals surface area contributed by atoms with Gasteiger partial charge in [-0.1, -0.05) is 35.3 Å². The van der Waals surface area contributed by atoms with Gasteiger partial charge in [-0.05, 0) is 66.8 Å². The summed E-state index contributed by atoms with van der Waals surface area (Å²) in [6.07, 6.45) is 3.24. The van der Waals surface area contributed by atoms with Gasteiger partial charge in [-0.25, -0.2) is 0 Å². The number of nitrogens with zero attached hydrogens (tertiary/aromatic N) is 1. The number of benzene rings is 2. The number of halogens is 2. The van der Waals surface area contributed by atoms with Crippen LogP contribution < -0.4 is 5.73 Å². The van der Waals surface area contributed by atoms with E-state index in [9.17, 15) is 0 Å². The van der Waals surface area contributed by atoms with E-state index in [2.05, 4.69) is 23.1 Å². The van der Waals surface area contributed by atoms with Gasteiger partial charge in [-0.3, -0.25) is 4.90 Å². The summed E-state index contributed by atoms with van der Waals surface area (Å²) in [7, 11) is 0. The molecular formula is C18H20Cl2N2. The number of anilines is 1. The van der Waals surface area contributed by atoms with Crippen LogP contribution in [0.4, 0.5) is 5.69 Å². The molecule has 0 atom stereocenters. The molecule has 0 bridgehead atoms. The first-order valence-electron chi connectivity index (χ1n) is 7.65. The van der Waals surface area contributed by atoms with E-state index < -0.39 is 0 Å². The van der Waals surface area contributed by atoms with Crippen molar-refractivity contribution in [2.75, 3.05) is 18.8 Å². The number of nitrogen functional groups attached to an aromatic ring is 1. The van der Waals surface area contributed by atoms with Crippen molar-refractivity contribution < 1.29 is 0 Å². The van der Waals surface area contributed by atoms with Crippen molar-refractivity contribution in [1.29, 1.82) is 0 Å². The van der Waals surface area contributed by atoms with E-state index in [1.54, 1.807) is 0 Å². The molecule has 116 valence electrons. The smallest absolute Gasteiger partial charge is 0.0429 e. The quantitative estimate of drug-likeness (QED) is 0.830. The predicted octanol–water partition coefficient (Wildman–Crippen LogP) is 4.57. The van der Waals surface area contributed by atoms with Crippen LogP contribution >= 0.6 is 23.2 Å². The normalized spacial score (nSPS) is 14.8. The third-order valence-corrected chi connectivity index (χ3v) is 4.74. The lowest BCUT2D eigenvalue weighted by atomic mass is 9.97. The molecule has 1 aliphatic rings. The van der Waals surface area contributed by atoms with Crippen LogP contribution in [0.3, 0.4) is 0 Å². The number of fused-ring (bicyclic) bond motifs is 1. The van der Waals surface area contributed by atoms with Crippen molar-refractivity contribution in [2.24, 2.45) is 0 Å². The summed E-state index contributed by atoms with van der Waals surface area (Å²) in [4.78, 5) is 2.48. The Morgan fingerprint density at radius 1 is 1.05 bits per heavy atom. The Balaban J connectivity index is 1.55. The zero-order valence-corrected chi connectivity index (χ0v) is 14.0. The van der Waals surface area contributed by atoms with Crippen LogP contribution in [-0.4, -0.2) is 18.0 Å². The molecule has 1 aliphatic heterocycles. The van der Waals surface area contributed by atoms with Crippen LogP contribution in [0.25, 0.3) is 0 Å². The van der Waals surface area contributed by atoms with Crippen LogP contribution in [0.2, 0.25) is 10.0 Å². The molecule has 0 saturated carbocycles. The first-order chi connectivity index (χ1) is 10.6. The van der Waals surface area contributed by atoms with Gasteiger partial charge in [-0.2, -0.15) is 0 Å². The van der Waals surface area contributed by atoms with Crippen molar-refractivity contribution in [3.63, 3.8) is 0 Å². The van der Waals surface area contributed by atoms with Gasteiger partial charge in [0.15, 0.2) is 0 Å². The molecule has 4 heteroatoms. The summed E-state index contributed by atoms with van der Waals surface area (Å²) in [6.45, 7) is 3.11. The average Bonchev–Trinajstić information content (AvgIpc) is 2.49. The summed E-state index contributed by atoms with van der Waals surface area (Å²) >= 11 is 12.0. The molecule has 2 N–H and O–H groups in total. The molecular weight excluding hydrogens is 315 g/mol. The van der Waals surface area contributed by atoms with E-state index in [0.29, 0.717) is 0 Å². The fourth-order valence-electron chi connectivity index (χ4n) is 3.10. The lowest BCUT2D eigenvalue weighted by Crippen LogP contribution is -2.32. The largest absolute Gasteiger partial charge is 0.398 e. The molecule has 2 aromatic rings. The van der Waals surface area contributed by atoms with Crippen LogP contribution in [0.15, 0.2) is 36.4 Å². The van der Waals surface area contributed by atoms with Crippen LogP contribution in [0, 0.1) is 0 Å². The third-order valence-electron chi connectivity index (χ3n) is 4.27. The van der Waals surface area contributed by atoms with Crippen LogP contribution in [-0.2, 0) is 19.4 Å². The Morgan fingerprint density at radius 3 is 2.59 bits per heavy atom. The topological polar surface area (TPSA) is 29.3 Å². The van der Waals surface area contributed by atoms with Gasteiger partial charge in [0, 0.05) is 28.8 Å². The highest BCUT2D eigenvalue weighted by molar-refractivity contribution is 6.31. The maximum Gasteiger partial charge on any atom is 0.0429 e. The Morgan fingerprint density at radius 2 is 1.82 bits per heavy atom. The lowest BCUT2D eigenvalue weighted by Gasteiger charge is -2.29.